The van der Waals surface area contributed by atoms with Crippen LogP contribution in [0.2, 0.25) is 0 Å². The van der Waals surface area contributed by atoms with E-state index in [0.717, 1.165) is 11.3 Å². The molecule has 108 valence electrons. The zero-order valence-electron chi connectivity index (χ0n) is 12.0. The fourth-order valence-corrected chi connectivity index (χ4v) is 2.67. The Morgan fingerprint density at radius 2 is 1.74 bits per heavy atom. The van der Waals surface area contributed by atoms with Crippen LogP contribution in [0.15, 0.2) is 24.3 Å². The van der Waals surface area contributed by atoms with E-state index >= 15 is 0 Å². The van der Waals surface area contributed by atoms with Crippen LogP contribution in [0.25, 0.3) is 0 Å². The van der Waals surface area contributed by atoms with Gasteiger partial charge in [-0.2, -0.15) is 11.8 Å². The van der Waals surface area contributed by atoms with E-state index in [9.17, 15) is 5.11 Å². The molecule has 0 heterocycles. The van der Waals surface area contributed by atoms with Crippen LogP contribution in [0.5, 0.6) is 0 Å². The van der Waals surface area contributed by atoms with Gasteiger partial charge in [0.2, 0.25) is 0 Å². The van der Waals surface area contributed by atoms with Crippen LogP contribution in [0.3, 0.4) is 0 Å². The molecule has 0 aliphatic rings. The molecule has 4 N–H and O–H groups in total. The van der Waals surface area contributed by atoms with Crippen molar-refractivity contribution in [2.45, 2.75) is 38.3 Å². The molecule has 4 heteroatoms. The maximum Gasteiger partial charge on any atom is 0.0861 e. The predicted octanol–water partition coefficient (Wildman–Crippen LogP) is 2.07. The summed E-state index contributed by atoms with van der Waals surface area (Å²) in [4.78, 5) is 0. The van der Waals surface area contributed by atoms with Gasteiger partial charge in [-0.15, -0.1) is 0 Å². The first-order valence-corrected chi connectivity index (χ1v) is 7.72. The van der Waals surface area contributed by atoms with E-state index in [4.69, 9.17) is 10.8 Å². The van der Waals surface area contributed by atoms with E-state index in [0.29, 0.717) is 5.75 Å². The van der Waals surface area contributed by atoms with E-state index in [1.807, 2.05) is 0 Å². The van der Waals surface area contributed by atoms with Crippen LogP contribution in [0.1, 0.15) is 37.9 Å². The van der Waals surface area contributed by atoms with Crippen molar-refractivity contribution in [3.05, 3.63) is 35.4 Å². The zero-order chi connectivity index (χ0) is 14.5. The monoisotopic (exact) mass is 283 g/mol. The summed E-state index contributed by atoms with van der Waals surface area (Å²) in [7, 11) is 0. The molecular weight excluding hydrogens is 258 g/mol. The van der Waals surface area contributed by atoms with Crippen molar-refractivity contribution < 1.29 is 10.2 Å². The smallest absolute Gasteiger partial charge is 0.0861 e. The Balaban J connectivity index is 2.51. The number of rotatable bonds is 6. The molecule has 1 aromatic carbocycles. The van der Waals surface area contributed by atoms with Crippen LogP contribution in [0, 0.1) is 0 Å². The van der Waals surface area contributed by atoms with Gasteiger partial charge in [0.25, 0.3) is 0 Å². The van der Waals surface area contributed by atoms with E-state index in [1.165, 1.54) is 5.56 Å². The summed E-state index contributed by atoms with van der Waals surface area (Å²) >= 11 is 1.56. The zero-order valence-corrected chi connectivity index (χ0v) is 12.8. The lowest BCUT2D eigenvalue weighted by Crippen LogP contribution is -2.18. The Labute approximate surface area is 120 Å². The lowest BCUT2D eigenvalue weighted by molar-refractivity contribution is 0.113. The third kappa shape index (κ3) is 5.53. The second-order valence-electron chi connectivity index (χ2n) is 5.85. The van der Waals surface area contributed by atoms with E-state index in [1.54, 1.807) is 11.8 Å². The SMILES string of the molecule is CC(C)(C)c1ccc(C(N)CSCC(O)CO)cc1. The predicted molar refractivity (Wildman–Crippen MR) is 82.5 cm³/mol. The van der Waals surface area contributed by atoms with Crippen LogP contribution < -0.4 is 5.73 Å². The van der Waals surface area contributed by atoms with E-state index in [2.05, 4.69) is 45.0 Å². The Morgan fingerprint density at radius 1 is 1.16 bits per heavy atom. The summed E-state index contributed by atoms with van der Waals surface area (Å²) in [5.74, 6) is 1.26. The first kappa shape index (κ1) is 16.5. The van der Waals surface area contributed by atoms with Gasteiger partial charge in [-0.1, -0.05) is 45.0 Å². The number of hydrogen-bond donors (Lipinski definition) is 3. The minimum Gasteiger partial charge on any atom is -0.394 e. The van der Waals surface area contributed by atoms with Crippen molar-refractivity contribution in [3.8, 4) is 0 Å². The van der Waals surface area contributed by atoms with Gasteiger partial charge in [0, 0.05) is 17.5 Å². The third-order valence-electron chi connectivity index (χ3n) is 3.02. The van der Waals surface area contributed by atoms with Crippen LogP contribution in [-0.4, -0.2) is 34.4 Å². The maximum absolute atomic E-state index is 9.26. The van der Waals surface area contributed by atoms with Gasteiger partial charge >= 0.3 is 0 Å². The van der Waals surface area contributed by atoms with Gasteiger partial charge in [0.1, 0.15) is 0 Å². The molecule has 3 nitrogen and oxygen atoms in total. The standard InChI is InChI=1S/C15H25NO2S/c1-15(2,3)12-6-4-11(5-7-12)14(16)10-19-9-13(18)8-17/h4-7,13-14,17-18H,8-10,16H2,1-3H3. The number of benzene rings is 1. The first-order valence-electron chi connectivity index (χ1n) is 6.57. The van der Waals surface area contributed by atoms with Crippen LogP contribution >= 0.6 is 11.8 Å². The Morgan fingerprint density at radius 3 is 2.21 bits per heavy atom. The lowest BCUT2D eigenvalue weighted by atomic mass is 9.86. The van der Waals surface area contributed by atoms with Crippen molar-refractivity contribution >= 4 is 11.8 Å². The highest BCUT2D eigenvalue weighted by atomic mass is 32.2. The third-order valence-corrected chi connectivity index (χ3v) is 4.24. The topological polar surface area (TPSA) is 66.5 Å². The van der Waals surface area contributed by atoms with E-state index < -0.39 is 6.10 Å². The molecule has 0 spiro atoms. The number of nitrogens with two attached hydrogens (primary N) is 1. The molecule has 0 bridgehead atoms. The van der Waals surface area contributed by atoms with Crippen molar-refractivity contribution in [1.82, 2.24) is 0 Å². The van der Waals surface area contributed by atoms with E-state index in [-0.39, 0.29) is 18.1 Å². The van der Waals surface area contributed by atoms with Crippen molar-refractivity contribution in [3.63, 3.8) is 0 Å². The molecular formula is C15H25NO2S. The molecule has 19 heavy (non-hydrogen) atoms. The second kappa shape index (κ2) is 7.29. The van der Waals surface area contributed by atoms with Crippen molar-refractivity contribution in [2.75, 3.05) is 18.1 Å². The highest BCUT2D eigenvalue weighted by Crippen LogP contribution is 2.24. The fraction of sp³-hybridized carbons (Fsp3) is 0.600. The molecule has 0 amide bonds. The number of aliphatic hydroxyl groups is 2. The van der Waals surface area contributed by atoms with Gasteiger partial charge in [0.15, 0.2) is 0 Å². The Kier molecular flexibility index (Phi) is 6.33. The van der Waals surface area contributed by atoms with Gasteiger partial charge in [-0.3, -0.25) is 0 Å². The largest absolute Gasteiger partial charge is 0.394 e. The van der Waals surface area contributed by atoms with Crippen molar-refractivity contribution in [1.29, 1.82) is 0 Å². The summed E-state index contributed by atoms with van der Waals surface area (Å²) in [6.45, 7) is 6.37. The molecule has 0 radical (unpaired) electrons. The summed E-state index contributed by atoms with van der Waals surface area (Å²) in [6.07, 6.45) is -0.652. The number of aliphatic hydroxyl groups excluding tert-OH is 2. The molecule has 1 rings (SSSR count). The molecule has 0 saturated carbocycles. The molecule has 0 aliphatic heterocycles. The normalized spacial score (nSPS) is 15.3. The number of hydrogen-bond acceptors (Lipinski definition) is 4. The van der Waals surface area contributed by atoms with Crippen LogP contribution in [-0.2, 0) is 5.41 Å². The summed E-state index contributed by atoms with van der Waals surface area (Å²) in [6, 6.07) is 8.37. The average Bonchev–Trinajstić information content (AvgIpc) is 2.37. The fourth-order valence-electron chi connectivity index (χ4n) is 1.71. The van der Waals surface area contributed by atoms with Crippen LogP contribution in [0.4, 0.5) is 0 Å². The highest BCUT2D eigenvalue weighted by molar-refractivity contribution is 7.99. The lowest BCUT2D eigenvalue weighted by Gasteiger charge is -2.20. The molecule has 0 fully saturated rings. The molecule has 0 aromatic heterocycles. The second-order valence-corrected chi connectivity index (χ2v) is 6.93. The first-order chi connectivity index (χ1) is 8.84. The Hall–Kier alpha value is -0.550. The molecule has 0 aliphatic carbocycles. The van der Waals surface area contributed by atoms with Gasteiger partial charge in [0.05, 0.1) is 12.7 Å². The molecule has 1 aromatic rings. The minimum atomic E-state index is -0.652. The minimum absolute atomic E-state index is 0.0371. The van der Waals surface area contributed by atoms with Gasteiger partial charge in [-0.05, 0) is 16.5 Å². The number of thioether (sulfide) groups is 1. The molecule has 2 unspecified atom stereocenters. The average molecular weight is 283 g/mol. The quantitative estimate of drug-likeness (QED) is 0.748. The molecule has 0 saturated heterocycles. The summed E-state index contributed by atoms with van der Waals surface area (Å²) in [5.41, 5.74) is 8.68. The van der Waals surface area contributed by atoms with Gasteiger partial charge in [-0.25, -0.2) is 0 Å². The van der Waals surface area contributed by atoms with Crippen molar-refractivity contribution in [2.24, 2.45) is 5.73 Å². The highest BCUT2D eigenvalue weighted by Gasteiger charge is 2.14. The molecule has 2 atom stereocenters. The Bertz CT molecular complexity index is 373. The maximum atomic E-state index is 9.26. The summed E-state index contributed by atoms with van der Waals surface area (Å²) < 4.78 is 0. The summed E-state index contributed by atoms with van der Waals surface area (Å²) in [5, 5.41) is 18.0. The van der Waals surface area contributed by atoms with Gasteiger partial charge < -0.3 is 15.9 Å².